The zero-order valence-electron chi connectivity index (χ0n) is 19.3. The summed E-state index contributed by atoms with van der Waals surface area (Å²) in [6, 6.07) is 0. The second-order valence-electron chi connectivity index (χ2n) is 11.5. The van der Waals surface area contributed by atoms with Crippen molar-refractivity contribution in [2.45, 2.75) is 78.9 Å². The van der Waals surface area contributed by atoms with E-state index in [1.807, 2.05) is 20.8 Å². The van der Waals surface area contributed by atoms with Crippen molar-refractivity contribution in [3.63, 3.8) is 0 Å². The van der Waals surface area contributed by atoms with Crippen LogP contribution in [0.1, 0.15) is 67.2 Å². The van der Waals surface area contributed by atoms with Crippen LogP contribution in [0.15, 0.2) is 22.5 Å². The predicted molar refractivity (Wildman–Crippen MR) is 112 cm³/mol. The highest BCUT2D eigenvalue weighted by Crippen LogP contribution is 2.68. The molecule has 2 saturated carbocycles. The lowest BCUT2D eigenvalue weighted by molar-refractivity contribution is -0.238. The number of allylic oxidation sites excluding steroid dienone is 2. The van der Waals surface area contributed by atoms with Crippen LogP contribution in [0.4, 0.5) is 0 Å². The molecule has 5 rings (SSSR count). The standard InChI is InChI=1S/C25H32O6/c1-12-19(28)18-13(11-30-21(18)29)23(4)10-15-24(5,31-20(12)23)8-7-14-22(2,3)16(26)9-17(27)25(14,15)6/h14-15,17,27H,7-11H2,1-6H3/t14-,15+,17+,23+,24-,25-/m0/s1. The minimum atomic E-state index is -0.749. The average molecular weight is 429 g/mol. The van der Waals surface area contributed by atoms with Gasteiger partial charge in [-0.05, 0) is 51.5 Å². The summed E-state index contributed by atoms with van der Waals surface area (Å²) in [6.45, 7) is 12.1. The fourth-order valence-corrected chi connectivity index (χ4v) is 7.79. The Morgan fingerprint density at radius 3 is 2.39 bits per heavy atom. The van der Waals surface area contributed by atoms with E-state index in [9.17, 15) is 19.5 Å². The smallest absolute Gasteiger partial charge is 0.342 e. The molecule has 1 N–H and O–H groups in total. The average Bonchev–Trinajstić information content (AvgIpc) is 3.08. The van der Waals surface area contributed by atoms with Crippen molar-refractivity contribution < 1.29 is 29.0 Å². The third-order valence-electron chi connectivity index (χ3n) is 9.73. The number of aliphatic hydroxyl groups excluding tert-OH is 1. The molecule has 3 aliphatic carbocycles. The molecule has 6 heteroatoms. The largest absolute Gasteiger partial charge is 0.490 e. The van der Waals surface area contributed by atoms with E-state index in [-0.39, 0.29) is 42.0 Å². The van der Waals surface area contributed by atoms with Crippen molar-refractivity contribution >= 4 is 17.5 Å². The number of carbonyl (C=O) groups is 3. The normalized spacial score (nSPS) is 46.0. The molecule has 0 aromatic rings. The Hall–Kier alpha value is -1.95. The summed E-state index contributed by atoms with van der Waals surface area (Å²) in [4.78, 5) is 38.1. The zero-order chi connectivity index (χ0) is 22.7. The lowest BCUT2D eigenvalue weighted by atomic mass is 9.42. The third-order valence-corrected chi connectivity index (χ3v) is 9.73. The molecule has 5 aliphatic rings. The molecule has 6 atom stereocenters. The lowest BCUT2D eigenvalue weighted by Crippen LogP contribution is -2.67. The van der Waals surface area contributed by atoms with E-state index < -0.39 is 33.9 Å². The van der Waals surface area contributed by atoms with Gasteiger partial charge < -0.3 is 14.6 Å². The van der Waals surface area contributed by atoms with Crippen LogP contribution in [-0.4, -0.2) is 41.0 Å². The fraction of sp³-hybridized carbons (Fsp3) is 0.720. The molecule has 0 spiro atoms. The van der Waals surface area contributed by atoms with Crippen LogP contribution in [0.5, 0.6) is 0 Å². The molecule has 0 bridgehead atoms. The maximum atomic E-state index is 13.0. The van der Waals surface area contributed by atoms with Crippen LogP contribution in [0.2, 0.25) is 0 Å². The maximum absolute atomic E-state index is 13.0. The molecule has 0 amide bonds. The van der Waals surface area contributed by atoms with Crippen molar-refractivity contribution in [1.29, 1.82) is 0 Å². The number of carbonyl (C=O) groups excluding carboxylic acids is 3. The van der Waals surface area contributed by atoms with E-state index in [0.717, 1.165) is 12.8 Å². The Morgan fingerprint density at radius 1 is 1.03 bits per heavy atom. The summed E-state index contributed by atoms with van der Waals surface area (Å²) >= 11 is 0. The second kappa shape index (κ2) is 5.89. The molecule has 2 aliphatic heterocycles. The van der Waals surface area contributed by atoms with Gasteiger partial charge in [-0.15, -0.1) is 0 Å². The molecule has 3 fully saturated rings. The SMILES string of the molecule is CC1=C2O[C@@]3(C)CC[C@H]4C(C)(C)C(=O)C[C@@H](O)[C@]4(C)[C@@H]3C[C@]2(C)C2=C(C(=O)OC2)C1=O. The lowest BCUT2D eigenvalue weighted by Gasteiger charge is -2.66. The second-order valence-corrected chi connectivity index (χ2v) is 11.5. The third kappa shape index (κ3) is 2.30. The van der Waals surface area contributed by atoms with Gasteiger partial charge in [0, 0.05) is 28.7 Å². The summed E-state index contributed by atoms with van der Waals surface area (Å²) in [5.41, 5.74) is -0.878. The van der Waals surface area contributed by atoms with Gasteiger partial charge in [0.25, 0.3) is 0 Å². The van der Waals surface area contributed by atoms with Gasteiger partial charge in [-0.3, -0.25) is 9.59 Å². The molecule has 168 valence electrons. The topological polar surface area (TPSA) is 89.9 Å². The molecule has 0 aromatic heterocycles. The molecular formula is C25H32O6. The number of hydrogen-bond acceptors (Lipinski definition) is 6. The summed E-state index contributed by atoms with van der Waals surface area (Å²) in [5, 5.41) is 11.3. The van der Waals surface area contributed by atoms with Crippen molar-refractivity contribution in [2.24, 2.45) is 28.1 Å². The Kier molecular flexibility index (Phi) is 3.97. The van der Waals surface area contributed by atoms with Gasteiger partial charge in [-0.2, -0.15) is 0 Å². The number of fused-ring (bicyclic) bond motifs is 5. The van der Waals surface area contributed by atoms with E-state index in [2.05, 4.69) is 13.8 Å². The van der Waals surface area contributed by atoms with Crippen molar-refractivity contribution in [1.82, 2.24) is 0 Å². The molecule has 6 nitrogen and oxygen atoms in total. The van der Waals surface area contributed by atoms with Gasteiger partial charge in [-0.1, -0.05) is 20.8 Å². The first-order valence-corrected chi connectivity index (χ1v) is 11.4. The summed E-state index contributed by atoms with van der Waals surface area (Å²) < 4.78 is 12.0. The first-order valence-electron chi connectivity index (χ1n) is 11.4. The fourth-order valence-electron chi connectivity index (χ4n) is 7.79. The van der Waals surface area contributed by atoms with Gasteiger partial charge in [0.05, 0.1) is 11.5 Å². The van der Waals surface area contributed by atoms with E-state index in [0.29, 0.717) is 23.3 Å². The van der Waals surface area contributed by atoms with Gasteiger partial charge in [-0.25, -0.2) is 4.79 Å². The first-order chi connectivity index (χ1) is 14.3. The number of aliphatic hydroxyl groups is 1. The van der Waals surface area contributed by atoms with Gasteiger partial charge in [0.2, 0.25) is 0 Å². The molecule has 0 aromatic carbocycles. The highest BCUT2D eigenvalue weighted by atomic mass is 16.5. The predicted octanol–water partition coefficient (Wildman–Crippen LogP) is 3.27. The molecule has 0 radical (unpaired) electrons. The maximum Gasteiger partial charge on any atom is 0.342 e. The Morgan fingerprint density at radius 2 is 1.71 bits per heavy atom. The van der Waals surface area contributed by atoms with Crippen LogP contribution < -0.4 is 0 Å². The quantitative estimate of drug-likeness (QED) is 0.470. The molecule has 2 heterocycles. The first kappa shape index (κ1) is 20.9. The number of esters is 1. The summed E-state index contributed by atoms with van der Waals surface area (Å²) in [7, 11) is 0. The van der Waals surface area contributed by atoms with Crippen LogP contribution in [0, 0.1) is 28.1 Å². The molecular weight excluding hydrogens is 396 g/mol. The van der Waals surface area contributed by atoms with E-state index >= 15 is 0 Å². The van der Waals surface area contributed by atoms with Crippen molar-refractivity contribution in [3.8, 4) is 0 Å². The number of rotatable bonds is 0. The number of Topliss-reactive ketones (excluding diaryl/α,β-unsaturated/α-hetero) is 2. The van der Waals surface area contributed by atoms with Crippen LogP contribution >= 0.6 is 0 Å². The minimum Gasteiger partial charge on any atom is -0.490 e. The van der Waals surface area contributed by atoms with Gasteiger partial charge >= 0.3 is 5.97 Å². The molecule has 0 unspecified atom stereocenters. The molecule has 1 saturated heterocycles. The number of hydrogen-bond donors (Lipinski definition) is 1. The van der Waals surface area contributed by atoms with E-state index in [1.54, 1.807) is 6.92 Å². The Bertz CT molecular complexity index is 1000. The zero-order valence-corrected chi connectivity index (χ0v) is 19.3. The number of ether oxygens (including phenoxy) is 2. The van der Waals surface area contributed by atoms with E-state index in [1.165, 1.54) is 0 Å². The summed E-state index contributed by atoms with van der Waals surface area (Å²) in [6.07, 6.45) is 1.59. The number of ketones is 2. The van der Waals surface area contributed by atoms with Crippen molar-refractivity contribution in [2.75, 3.05) is 6.61 Å². The van der Waals surface area contributed by atoms with Crippen LogP contribution in [0.25, 0.3) is 0 Å². The highest BCUT2D eigenvalue weighted by Gasteiger charge is 2.69. The van der Waals surface area contributed by atoms with Crippen molar-refractivity contribution in [3.05, 3.63) is 22.5 Å². The number of cyclic esters (lactones) is 1. The minimum absolute atomic E-state index is 0.0354. The van der Waals surface area contributed by atoms with Crippen LogP contribution in [0.3, 0.4) is 0 Å². The van der Waals surface area contributed by atoms with E-state index in [4.69, 9.17) is 9.47 Å². The molecule has 31 heavy (non-hydrogen) atoms. The van der Waals surface area contributed by atoms with Gasteiger partial charge in [0.1, 0.15) is 29.3 Å². The van der Waals surface area contributed by atoms with Gasteiger partial charge in [0.15, 0.2) is 5.78 Å². The monoisotopic (exact) mass is 428 g/mol. The Balaban J connectivity index is 1.67. The summed E-state index contributed by atoms with van der Waals surface area (Å²) in [5.74, 6) is -0.0837. The Labute approximate surface area is 183 Å². The van der Waals surface area contributed by atoms with Crippen LogP contribution in [-0.2, 0) is 23.9 Å². The highest BCUT2D eigenvalue weighted by molar-refractivity contribution is 6.26.